The number of hydrogen-bond acceptors (Lipinski definition) is 3. The molecule has 0 aromatic heterocycles. The Bertz CT molecular complexity index is 507. The largest absolute Gasteiger partial charge is 0.494 e. The summed E-state index contributed by atoms with van der Waals surface area (Å²) in [6.07, 6.45) is 2.87. The number of amides is 1. The van der Waals surface area contributed by atoms with Crippen LogP contribution in [0.1, 0.15) is 32.8 Å². The van der Waals surface area contributed by atoms with Gasteiger partial charge in [0.05, 0.1) is 12.1 Å². The highest BCUT2D eigenvalue weighted by atomic mass is 16.5. The Morgan fingerprint density at radius 1 is 1.37 bits per heavy atom. The first-order valence-electron chi connectivity index (χ1n) is 6.55. The Hall–Kier alpha value is -1.81. The van der Waals surface area contributed by atoms with Crippen LogP contribution in [0.25, 0.3) is 6.08 Å². The van der Waals surface area contributed by atoms with Gasteiger partial charge in [0.25, 0.3) is 5.91 Å². The first-order chi connectivity index (χ1) is 9.03. The number of carbonyl (C=O) groups is 1. The molecule has 1 aromatic carbocycles. The van der Waals surface area contributed by atoms with E-state index in [1.165, 1.54) is 0 Å². The van der Waals surface area contributed by atoms with Crippen molar-refractivity contribution in [3.05, 3.63) is 35.4 Å². The minimum absolute atomic E-state index is 0.0788. The van der Waals surface area contributed by atoms with E-state index in [4.69, 9.17) is 4.74 Å². The van der Waals surface area contributed by atoms with Crippen molar-refractivity contribution >= 4 is 12.0 Å². The highest BCUT2D eigenvalue weighted by molar-refractivity contribution is 6.01. The lowest BCUT2D eigenvalue weighted by atomic mass is 9.94. The maximum atomic E-state index is 11.8. The lowest BCUT2D eigenvalue weighted by Gasteiger charge is -2.17. The average molecular weight is 260 g/mol. The van der Waals surface area contributed by atoms with Crippen LogP contribution >= 0.6 is 0 Å². The number of hydrazine groups is 1. The summed E-state index contributed by atoms with van der Waals surface area (Å²) in [6, 6.07) is 7.78. The minimum atomic E-state index is -0.364. The van der Waals surface area contributed by atoms with E-state index >= 15 is 0 Å². The number of hydrogen-bond donors (Lipinski definition) is 2. The van der Waals surface area contributed by atoms with Crippen LogP contribution in [-0.4, -0.2) is 18.1 Å². The molecular weight excluding hydrogens is 240 g/mol. The van der Waals surface area contributed by atoms with Gasteiger partial charge in [0.1, 0.15) is 5.75 Å². The molecule has 2 N–H and O–H groups in total. The molecule has 1 saturated heterocycles. The highest BCUT2D eigenvalue weighted by Gasteiger charge is 2.34. The second-order valence-electron chi connectivity index (χ2n) is 5.18. The summed E-state index contributed by atoms with van der Waals surface area (Å²) in [7, 11) is 0. The SMILES string of the molecule is CCCOc1cccc(/C=C2\C(=O)NNC2(C)C)c1. The Morgan fingerprint density at radius 2 is 2.16 bits per heavy atom. The fraction of sp³-hybridized carbons (Fsp3) is 0.400. The molecular formula is C15H20N2O2. The van der Waals surface area contributed by atoms with Gasteiger partial charge >= 0.3 is 0 Å². The molecule has 1 amide bonds. The van der Waals surface area contributed by atoms with E-state index in [9.17, 15) is 4.79 Å². The topological polar surface area (TPSA) is 50.4 Å². The molecule has 0 spiro atoms. The molecule has 1 aliphatic rings. The van der Waals surface area contributed by atoms with Gasteiger partial charge in [0, 0.05) is 5.57 Å². The van der Waals surface area contributed by atoms with Crippen molar-refractivity contribution in [1.82, 2.24) is 10.9 Å². The fourth-order valence-electron chi connectivity index (χ4n) is 1.96. The molecule has 1 aromatic rings. The van der Waals surface area contributed by atoms with E-state index in [-0.39, 0.29) is 11.4 Å². The molecule has 0 atom stereocenters. The monoisotopic (exact) mass is 260 g/mol. The predicted octanol–water partition coefficient (Wildman–Crippen LogP) is 2.27. The molecule has 1 fully saturated rings. The van der Waals surface area contributed by atoms with Gasteiger partial charge in [0.15, 0.2) is 0 Å². The zero-order chi connectivity index (χ0) is 13.9. The normalized spacial score (nSPS) is 19.5. The molecule has 0 bridgehead atoms. The Labute approximate surface area is 113 Å². The number of rotatable bonds is 4. The molecule has 4 heteroatoms. The van der Waals surface area contributed by atoms with Crippen molar-refractivity contribution in [2.75, 3.05) is 6.61 Å². The van der Waals surface area contributed by atoms with E-state index in [1.54, 1.807) is 0 Å². The number of nitrogens with one attached hydrogen (secondary N) is 2. The molecule has 0 radical (unpaired) electrons. The van der Waals surface area contributed by atoms with Crippen LogP contribution in [0.4, 0.5) is 0 Å². The van der Waals surface area contributed by atoms with E-state index in [2.05, 4.69) is 17.8 Å². The Balaban J connectivity index is 2.25. The summed E-state index contributed by atoms with van der Waals surface area (Å²) < 4.78 is 5.59. The van der Waals surface area contributed by atoms with E-state index in [0.29, 0.717) is 6.61 Å². The molecule has 0 aliphatic carbocycles. The second kappa shape index (κ2) is 5.45. The van der Waals surface area contributed by atoms with Crippen LogP contribution in [0.3, 0.4) is 0 Å². The standard InChI is InChI=1S/C15H20N2O2/c1-4-8-19-12-7-5-6-11(9-12)10-13-14(18)16-17-15(13,2)3/h5-7,9-10,17H,4,8H2,1-3H3,(H,16,18)/b13-10+. The van der Waals surface area contributed by atoms with Crippen LogP contribution in [0.15, 0.2) is 29.8 Å². The predicted molar refractivity (Wildman–Crippen MR) is 75.6 cm³/mol. The van der Waals surface area contributed by atoms with Crippen LogP contribution in [0, 0.1) is 0 Å². The summed E-state index contributed by atoms with van der Waals surface area (Å²) in [5, 5.41) is 0. The van der Waals surface area contributed by atoms with Crippen molar-refractivity contribution in [2.45, 2.75) is 32.7 Å². The van der Waals surface area contributed by atoms with E-state index in [0.717, 1.165) is 23.3 Å². The molecule has 1 heterocycles. The van der Waals surface area contributed by atoms with E-state index in [1.807, 2.05) is 44.2 Å². The molecule has 102 valence electrons. The zero-order valence-corrected chi connectivity index (χ0v) is 11.6. The molecule has 0 saturated carbocycles. The first-order valence-corrected chi connectivity index (χ1v) is 6.55. The van der Waals surface area contributed by atoms with Gasteiger partial charge in [-0.05, 0) is 44.0 Å². The third kappa shape index (κ3) is 3.15. The van der Waals surface area contributed by atoms with Crippen molar-refractivity contribution in [3.63, 3.8) is 0 Å². The molecule has 0 unspecified atom stereocenters. The lowest BCUT2D eigenvalue weighted by Crippen LogP contribution is -2.38. The second-order valence-corrected chi connectivity index (χ2v) is 5.18. The van der Waals surface area contributed by atoms with Gasteiger partial charge < -0.3 is 4.74 Å². The first kappa shape index (κ1) is 13.6. The quantitative estimate of drug-likeness (QED) is 0.817. The maximum absolute atomic E-state index is 11.8. The number of carbonyl (C=O) groups excluding carboxylic acids is 1. The highest BCUT2D eigenvalue weighted by Crippen LogP contribution is 2.24. The van der Waals surface area contributed by atoms with Gasteiger partial charge in [-0.3, -0.25) is 10.2 Å². The van der Waals surface area contributed by atoms with Crippen LogP contribution in [-0.2, 0) is 4.79 Å². The average Bonchev–Trinajstić information content (AvgIpc) is 2.64. The molecule has 1 aliphatic heterocycles. The Kier molecular flexibility index (Phi) is 3.90. The zero-order valence-electron chi connectivity index (χ0n) is 11.6. The molecule has 19 heavy (non-hydrogen) atoms. The number of ether oxygens (including phenoxy) is 1. The fourth-order valence-corrected chi connectivity index (χ4v) is 1.96. The number of benzene rings is 1. The molecule has 2 rings (SSSR count). The van der Waals surface area contributed by atoms with Crippen LogP contribution < -0.4 is 15.6 Å². The van der Waals surface area contributed by atoms with Crippen molar-refractivity contribution in [3.8, 4) is 5.75 Å². The van der Waals surface area contributed by atoms with Gasteiger partial charge in [-0.25, -0.2) is 5.43 Å². The summed E-state index contributed by atoms with van der Waals surface area (Å²) in [5.74, 6) is 0.755. The van der Waals surface area contributed by atoms with Gasteiger partial charge in [-0.1, -0.05) is 19.1 Å². The van der Waals surface area contributed by atoms with Crippen molar-refractivity contribution in [2.24, 2.45) is 0 Å². The smallest absolute Gasteiger partial charge is 0.263 e. The summed E-state index contributed by atoms with van der Waals surface area (Å²) >= 11 is 0. The third-order valence-electron chi connectivity index (χ3n) is 3.05. The Morgan fingerprint density at radius 3 is 2.79 bits per heavy atom. The maximum Gasteiger partial charge on any atom is 0.263 e. The van der Waals surface area contributed by atoms with E-state index < -0.39 is 0 Å². The van der Waals surface area contributed by atoms with Gasteiger partial charge in [-0.15, -0.1) is 0 Å². The van der Waals surface area contributed by atoms with Gasteiger partial charge in [0.2, 0.25) is 0 Å². The lowest BCUT2D eigenvalue weighted by molar-refractivity contribution is -0.116. The minimum Gasteiger partial charge on any atom is -0.494 e. The van der Waals surface area contributed by atoms with Crippen molar-refractivity contribution in [1.29, 1.82) is 0 Å². The molecule has 4 nitrogen and oxygen atoms in total. The third-order valence-corrected chi connectivity index (χ3v) is 3.05. The summed E-state index contributed by atoms with van der Waals surface area (Å²) in [6.45, 7) is 6.71. The summed E-state index contributed by atoms with van der Waals surface area (Å²) in [5.41, 5.74) is 6.93. The summed E-state index contributed by atoms with van der Waals surface area (Å²) in [4.78, 5) is 11.8. The van der Waals surface area contributed by atoms with Crippen LogP contribution in [0.5, 0.6) is 5.75 Å². The van der Waals surface area contributed by atoms with Gasteiger partial charge in [-0.2, -0.15) is 0 Å². The van der Waals surface area contributed by atoms with Crippen molar-refractivity contribution < 1.29 is 9.53 Å². The van der Waals surface area contributed by atoms with Crippen LogP contribution in [0.2, 0.25) is 0 Å².